The number of hydrogen-bond acceptors (Lipinski definition) is 3. The van der Waals surface area contributed by atoms with Gasteiger partial charge in [-0.25, -0.2) is 8.42 Å². The van der Waals surface area contributed by atoms with Crippen LogP contribution < -0.4 is 5.32 Å². The molecule has 5 nitrogen and oxygen atoms in total. The summed E-state index contributed by atoms with van der Waals surface area (Å²) < 4.78 is 28.2. The van der Waals surface area contributed by atoms with E-state index < -0.39 is 10.0 Å². The van der Waals surface area contributed by atoms with Crippen LogP contribution in [0.3, 0.4) is 0 Å². The van der Waals surface area contributed by atoms with Gasteiger partial charge in [-0.15, -0.1) is 0 Å². The number of carbonyl (C=O) groups excluding carboxylic acids is 1. The quantitative estimate of drug-likeness (QED) is 0.567. The Bertz CT molecular complexity index is 998. The van der Waals surface area contributed by atoms with Gasteiger partial charge in [0.1, 0.15) is 0 Å². The van der Waals surface area contributed by atoms with Gasteiger partial charge < -0.3 is 5.32 Å². The first-order chi connectivity index (χ1) is 14.2. The van der Waals surface area contributed by atoms with E-state index in [4.69, 9.17) is 0 Å². The molecule has 3 rings (SSSR count). The van der Waals surface area contributed by atoms with Crippen molar-refractivity contribution in [3.63, 3.8) is 0 Å². The molecule has 0 radical (unpaired) electrons. The number of rotatable bonds is 6. The Balaban J connectivity index is 1.80. The van der Waals surface area contributed by atoms with E-state index in [1.165, 1.54) is 15.9 Å². The molecule has 0 aromatic heterocycles. The lowest BCUT2D eigenvalue weighted by Crippen LogP contribution is -2.38. The van der Waals surface area contributed by atoms with Crippen molar-refractivity contribution in [2.45, 2.75) is 50.8 Å². The number of anilines is 1. The fourth-order valence-corrected chi connectivity index (χ4v) is 5.74. The summed E-state index contributed by atoms with van der Waals surface area (Å²) in [6.07, 6.45) is 2.76. The van der Waals surface area contributed by atoms with Crippen LogP contribution in [0.2, 0.25) is 0 Å². The van der Waals surface area contributed by atoms with E-state index in [1.807, 2.05) is 24.3 Å². The minimum atomic E-state index is -3.63. The second-order valence-corrected chi connectivity index (χ2v) is 11.0. The molecule has 1 amide bonds. The van der Waals surface area contributed by atoms with Crippen LogP contribution in [0, 0.1) is 5.92 Å². The average molecular weight is 493 g/mol. The van der Waals surface area contributed by atoms with Crippen molar-refractivity contribution >= 4 is 37.5 Å². The Hall–Kier alpha value is -1.70. The van der Waals surface area contributed by atoms with Crippen LogP contribution in [0.25, 0.3) is 0 Å². The molecule has 0 bridgehead atoms. The molecule has 0 aliphatic carbocycles. The Morgan fingerprint density at radius 1 is 1.17 bits per heavy atom. The fourth-order valence-electron chi connectivity index (χ4n) is 3.55. The maximum Gasteiger partial charge on any atom is 0.255 e. The van der Waals surface area contributed by atoms with Crippen LogP contribution in [0.5, 0.6) is 0 Å². The van der Waals surface area contributed by atoms with Gasteiger partial charge in [-0.3, -0.25) is 4.79 Å². The SMILES string of the molecule is CC[C@@H](C)c1ccc(NC(=O)c2cc(Br)cc(S(=O)(=O)N3CCC(C)CC3)c2)cc1. The maximum absolute atomic E-state index is 13.1. The first-order valence-electron chi connectivity index (χ1n) is 10.4. The second kappa shape index (κ2) is 9.62. The molecule has 1 aliphatic rings. The summed E-state index contributed by atoms with van der Waals surface area (Å²) in [6.45, 7) is 7.48. The average Bonchev–Trinajstić information content (AvgIpc) is 2.73. The number of halogens is 1. The lowest BCUT2D eigenvalue weighted by atomic mass is 9.98. The van der Waals surface area contributed by atoms with Gasteiger partial charge in [0.15, 0.2) is 0 Å². The van der Waals surface area contributed by atoms with E-state index in [0.717, 1.165) is 19.3 Å². The Morgan fingerprint density at radius 3 is 2.40 bits per heavy atom. The molecule has 0 spiro atoms. The van der Waals surface area contributed by atoms with Gasteiger partial charge in [0.2, 0.25) is 10.0 Å². The lowest BCUT2D eigenvalue weighted by molar-refractivity contribution is 0.102. The highest BCUT2D eigenvalue weighted by atomic mass is 79.9. The zero-order valence-electron chi connectivity index (χ0n) is 17.7. The summed E-state index contributed by atoms with van der Waals surface area (Å²) in [5.74, 6) is 0.661. The third kappa shape index (κ3) is 5.31. The van der Waals surface area contributed by atoms with Gasteiger partial charge in [0.05, 0.1) is 4.90 Å². The molecule has 7 heteroatoms. The van der Waals surface area contributed by atoms with Gasteiger partial charge in [0.25, 0.3) is 5.91 Å². The summed E-state index contributed by atoms with van der Waals surface area (Å²) in [5, 5.41) is 2.87. The van der Waals surface area contributed by atoms with E-state index >= 15 is 0 Å². The van der Waals surface area contributed by atoms with Gasteiger partial charge in [-0.2, -0.15) is 4.31 Å². The third-order valence-electron chi connectivity index (χ3n) is 5.86. The molecule has 1 atom stereocenters. The lowest BCUT2D eigenvalue weighted by Gasteiger charge is -2.29. The highest BCUT2D eigenvalue weighted by Crippen LogP contribution is 2.27. The van der Waals surface area contributed by atoms with Crippen LogP contribution >= 0.6 is 15.9 Å². The Labute approximate surface area is 188 Å². The molecule has 1 saturated heterocycles. The van der Waals surface area contributed by atoms with Crippen molar-refractivity contribution in [2.75, 3.05) is 18.4 Å². The van der Waals surface area contributed by atoms with Crippen LogP contribution in [0.4, 0.5) is 5.69 Å². The first-order valence-corrected chi connectivity index (χ1v) is 12.7. The van der Waals surface area contributed by atoms with Crippen molar-refractivity contribution < 1.29 is 13.2 Å². The molecular formula is C23H29BrN2O3S. The van der Waals surface area contributed by atoms with E-state index in [9.17, 15) is 13.2 Å². The first kappa shape index (κ1) is 23.0. The van der Waals surface area contributed by atoms with Crippen LogP contribution in [-0.4, -0.2) is 31.7 Å². The van der Waals surface area contributed by atoms with Gasteiger partial charge >= 0.3 is 0 Å². The van der Waals surface area contributed by atoms with Gasteiger partial charge in [-0.1, -0.05) is 48.8 Å². The number of piperidine rings is 1. The molecule has 0 saturated carbocycles. The number of carbonyl (C=O) groups is 1. The zero-order chi connectivity index (χ0) is 21.9. The number of nitrogens with zero attached hydrogens (tertiary/aromatic N) is 1. The summed E-state index contributed by atoms with van der Waals surface area (Å²) >= 11 is 3.36. The molecule has 0 unspecified atom stereocenters. The van der Waals surface area contributed by atoms with Crippen molar-refractivity contribution in [2.24, 2.45) is 5.92 Å². The maximum atomic E-state index is 13.1. The van der Waals surface area contributed by atoms with Crippen molar-refractivity contribution in [1.82, 2.24) is 4.31 Å². The highest BCUT2D eigenvalue weighted by molar-refractivity contribution is 9.10. The van der Waals surface area contributed by atoms with Crippen molar-refractivity contribution in [1.29, 1.82) is 0 Å². The summed E-state index contributed by atoms with van der Waals surface area (Å²) in [5.41, 5.74) is 2.21. The number of amides is 1. The highest BCUT2D eigenvalue weighted by Gasteiger charge is 2.29. The molecule has 162 valence electrons. The number of sulfonamides is 1. The predicted octanol–water partition coefficient (Wildman–Crippen LogP) is 5.64. The van der Waals surface area contributed by atoms with Crippen molar-refractivity contribution in [3.8, 4) is 0 Å². The third-order valence-corrected chi connectivity index (χ3v) is 8.20. The summed E-state index contributed by atoms with van der Waals surface area (Å²) in [7, 11) is -3.63. The normalized spacial score (nSPS) is 16.9. The summed E-state index contributed by atoms with van der Waals surface area (Å²) in [4.78, 5) is 12.9. The molecule has 30 heavy (non-hydrogen) atoms. The van der Waals surface area contributed by atoms with Gasteiger partial charge in [0, 0.05) is 28.8 Å². The van der Waals surface area contributed by atoms with E-state index in [2.05, 4.69) is 42.0 Å². The monoisotopic (exact) mass is 492 g/mol. The van der Waals surface area contributed by atoms with Crippen molar-refractivity contribution in [3.05, 3.63) is 58.1 Å². The number of benzene rings is 2. The molecule has 2 aromatic rings. The van der Waals surface area contributed by atoms with Gasteiger partial charge in [-0.05, 0) is 67.0 Å². The molecule has 1 heterocycles. The Kier molecular flexibility index (Phi) is 7.37. The fraction of sp³-hybridized carbons (Fsp3) is 0.435. The molecule has 1 fully saturated rings. The second-order valence-electron chi connectivity index (χ2n) is 8.15. The largest absolute Gasteiger partial charge is 0.322 e. The summed E-state index contributed by atoms with van der Waals surface area (Å²) in [6, 6.07) is 12.4. The molecular weight excluding hydrogens is 464 g/mol. The van der Waals surface area contributed by atoms with E-state index in [0.29, 0.717) is 40.6 Å². The van der Waals surface area contributed by atoms with Crippen LogP contribution in [-0.2, 0) is 10.0 Å². The van der Waals surface area contributed by atoms with Crippen LogP contribution in [0.15, 0.2) is 51.8 Å². The molecule has 1 N–H and O–H groups in total. The molecule has 1 aliphatic heterocycles. The Morgan fingerprint density at radius 2 is 1.80 bits per heavy atom. The predicted molar refractivity (Wildman–Crippen MR) is 124 cm³/mol. The smallest absolute Gasteiger partial charge is 0.255 e. The van der Waals surface area contributed by atoms with Crippen LogP contribution in [0.1, 0.15) is 61.9 Å². The molecule has 2 aromatic carbocycles. The number of hydrogen-bond donors (Lipinski definition) is 1. The zero-order valence-corrected chi connectivity index (χ0v) is 20.1. The number of nitrogens with one attached hydrogen (secondary N) is 1. The standard InChI is InChI=1S/C23H29BrN2O3S/c1-4-17(3)18-5-7-21(8-6-18)25-23(27)19-13-20(24)15-22(14-19)30(28,29)26-11-9-16(2)10-12-26/h5-8,13-17H,4,9-12H2,1-3H3,(H,25,27)/t17-/m1/s1. The van der Waals surface area contributed by atoms with E-state index in [-0.39, 0.29) is 10.8 Å². The van der Waals surface area contributed by atoms with E-state index in [1.54, 1.807) is 12.1 Å². The topological polar surface area (TPSA) is 66.5 Å². The minimum Gasteiger partial charge on any atom is -0.322 e. The minimum absolute atomic E-state index is 0.142.